The molecule has 3 N–H and O–H groups in total. The number of benzene rings is 2. The van der Waals surface area contributed by atoms with Gasteiger partial charge >= 0.3 is 0 Å². The van der Waals surface area contributed by atoms with Crippen molar-refractivity contribution in [1.29, 1.82) is 0 Å². The van der Waals surface area contributed by atoms with E-state index in [9.17, 15) is 8.42 Å². The van der Waals surface area contributed by atoms with Gasteiger partial charge < -0.3 is 5.73 Å². The maximum Gasteiger partial charge on any atom is 0.262 e. The minimum absolute atomic E-state index is 0.145. The Balaban J connectivity index is 2.45. The fraction of sp³-hybridized carbons (Fsp3) is 0.143. The van der Waals surface area contributed by atoms with Gasteiger partial charge in [-0.3, -0.25) is 4.72 Å². The number of nitrogen functional groups attached to an aromatic ring is 1. The van der Waals surface area contributed by atoms with Gasteiger partial charge in [0.25, 0.3) is 10.0 Å². The van der Waals surface area contributed by atoms with Gasteiger partial charge in [0.2, 0.25) is 0 Å². The van der Waals surface area contributed by atoms with Crippen molar-refractivity contribution in [2.75, 3.05) is 10.5 Å². The quantitative estimate of drug-likeness (QED) is 0.826. The van der Waals surface area contributed by atoms with E-state index in [1.807, 2.05) is 6.92 Å². The van der Waals surface area contributed by atoms with E-state index in [2.05, 4.69) is 4.72 Å². The number of nitrogens with two attached hydrogens (primary N) is 1. The standard InChI is InChI=1S/C14H14Cl2N2O2S/c1-8-5-10(17)6-14(9(8)2)21(19,20)18-11-3-4-12(15)13(16)7-11/h3-7,18H,17H2,1-2H3. The highest BCUT2D eigenvalue weighted by Crippen LogP contribution is 2.28. The van der Waals surface area contributed by atoms with Crippen molar-refractivity contribution in [2.24, 2.45) is 0 Å². The van der Waals surface area contributed by atoms with Crippen LogP contribution in [0.3, 0.4) is 0 Å². The van der Waals surface area contributed by atoms with E-state index in [4.69, 9.17) is 28.9 Å². The van der Waals surface area contributed by atoms with Crippen LogP contribution in [-0.4, -0.2) is 8.42 Å². The Morgan fingerprint density at radius 3 is 2.33 bits per heavy atom. The average molecular weight is 345 g/mol. The van der Waals surface area contributed by atoms with Crippen LogP contribution in [0.25, 0.3) is 0 Å². The molecule has 0 heterocycles. The lowest BCUT2D eigenvalue weighted by molar-refractivity contribution is 0.600. The minimum atomic E-state index is -3.75. The maximum absolute atomic E-state index is 12.5. The number of nitrogens with one attached hydrogen (secondary N) is 1. The highest BCUT2D eigenvalue weighted by molar-refractivity contribution is 7.92. The number of halogens is 2. The van der Waals surface area contributed by atoms with Gasteiger partial charge in [-0.25, -0.2) is 8.42 Å². The van der Waals surface area contributed by atoms with Crippen molar-refractivity contribution in [3.05, 3.63) is 51.5 Å². The van der Waals surface area contributed by atoms with E-state index in [-0.39, 0.29) is 9.92 Å². The predicted octanol–water partition coefficient (Wildman–Crippen LogP) is 3.99. The van der Waals surface area contributed by atoms with Gasteiger partial charge in [-0.05, 0) is 55.3 Å². The van der Waals surface area contributed by atoms with E-state index in [1.54, 1.807) is 19.1 Å². The molecule has 2 aromatic carbocycles. The van der Waals surface area contributed by atoms with Crippen LogP contribution < -0.4 is 10.5 Å². The lowest BCUT2D eigenvalue weighted by Crippen LogP contribution is -2.15. The van der Waals surface area contributed by atoms with Crippen LogP contribution in [-0.2, 0) is 10.0 Å². The molecular formula is C14H14Cl2N2O2S. The molecular weight excluding hydrogens is 331 g/mol. The van der Waals surface area contributed by atoms with Gasteiger partial charge in [-0.2, -0.15) is 0 Å². The zero-order valence-electron chi connectivity index (χ0n) is 11.4. The van der Waals surface area contributed by atoms with Crippen molar-refractivity contribution >= 4 is 44.6 Å². The molecule has 21 heavy (non-hydrogen) atoms. The molecule has 0 aliphatic heterocycles. The molecule has 2 rings (SSSR count). The minimum Gasteiger partial charge on any atom is -0.399 e. The van der Waals surface area contributed by atoms with Crippen LogP contribution in [0.5, 0.6) is 0 Å². The third-order valence-electron chi connectivity index (χ3n) is 3.10. The Morgan fingerprint density at radius 2 is 1.71 bits per heavy atom. The zero-order chi connectivity index (χ0) is 15.8. The molecule has 0 saturated heterocycles. The fourth-order valence-corrected chi connectivity index (χ4v) is 3.60. The van der Waals surface area contributed by atoms with Crippen molar-refractivity contribution in [3.63, 3.8) is 0 Å². The molecule has 4 nitrogen and oxygen atoms in total. The maximum atomic E-state index is 12.5. The van der Waals surface area contributed by atoms with E-state index >= 15 is 0 Å². The number of sulfonamides is 1. The summed E-state index contributed by atoms with van der Waals surface area (Å²) in [6.07, 6.45) is 0. The first-order valence-corrected chi connectivity index (χ1v) is 8.29. The van der Waals surface area contributed by atoms with Gasteiger partial charge in [0.1, 0.15) is 0 Å². The van der Waals surface area contributed by atoms with E-state index in [1.165, 1.54) is 18.2 Å². The van der Waals surface area contributed by atoms with Crippen LogP contribution in [0.1, 0.15) is 11.1 Å². The Labute approximate surface area is 133 Å². The summed E-state index contributed by atoms with van der Waals surface area (Å²) in [4.78, 5) is 0.145. The van der Waals surface area contributed by atoms with Gasteiger partial charge in [-0.1, -0.05) is 23.2 Å². The fourth-order valence-electron chi connectivity index (χ4n) is 1.90. The lowest BCUT2D eigenvalue weighted by Gasteiger charge is -2.13. The molecule has 112 valence electrons. The summed E-state index contributed by atoms with van der Waals surface area (Å²) in [5, 5.41) is 0.632. The van der Waals surface area contributed by atoms with E-state index < -0.39 is 10.0 Å². The lowest BCUT2D eigenvalue weighted by atomic mass is 10.1. The number of hydrogen-bond donors (Lipinski definition) is 2. The molecule has 0 aliphatic carbocycles. The number of anilines is 2. The molecule has 0 amide bonds. The van der Waals surface area contributed by atoms with Crippen LogP contribution in [0.4, 0.5) is 11.4 Å². The van der Waals surface area contributed by atoms with E-state index in [0.717, 1.165) is 5.56 Å². The smallest absolute Gasteiger partial charge is 0.262 e. The summed E-state index contributed by atoms with van der Waals surface area (Å²) >= 11 is 11.7. The molecule has 0 spiro atoms. The third-order valence-corrected chi connectivity index (χ3v) is 5.35. The normalized spacial score (nSPS) is 11.4. The average Bonchev–Trinajstić information content (AvgIpc) is 2.37. The molecule has 0 saturated carbocycles. The van der Waals surface area contributed by atoms with Crippen molar-refractivity contribution in [1.82, 2.24) is 0 Å². The highest BCUT2D eigenvalue weighted by Gasteiger charge is 2.19. The second kappa shape index (κ2) is 5.75. The Kier molecular flexibility index (Phi) is 4.37. The van der Waals surface area contributed by atoms with Gasteiger partial charge in [0.05, 0.1) is 20.6 Å². The van der Waals surface area contributed by atoms with Gasteiger partial charge in [0, 0.05) is 5.69 Å². The molecule has 2 aromatic rings. The Bertz CT molecular complexity index is 805. The predicted molar refractivity (Wildman–Crippen MR) is 87.6 cm³/mol. The SMILES string of the molecule is Cc1cc(N)cc(S(=O)(=O)Nc2ccc(Cl)c(Cl)c2)c1C. The van der Waals surface area contributed by atoms with Crippen molar-refractivity contribution in [3.8, 4) is 0 Å². The van der Waals surface area contributed by atoms with Gasteiger partial charge in [-0.15, -0.1) is 0 Å². The summed E-state index contributed by atoms with van der Waals surface area (Å²) in [6, 6.07) is 7.69. The number of hydrogen-bond acceptors (Lipinski definition) is 3. The second-order valence-corrected chi connectivity index (χ2v) is 7.16. The van der Waals surface area contributed by atoms with Crippen molar-refractivity contribution in [2.45, 2.75) is 18.7 Å². The van der Waals surface area contributed by atoms with E-state index in [0.29, 0.717) is 22.0 Å². The first kappa shape index (κ1) is 15.9. The summed E-state index contributed by atoms with van der Waals surface area (Å²) < 4.78 is 27.4. The molecule has 0 aliphatic rings. The van der Waals surface area contributed by atoms with Crippen LogP contribution >= 0.6 is 23.2 Å². The van der Waals surface area contributed by atoms with Crippen LogP contribution in [0.15, 0.2) is 35.2 Å². The van der Waals surface area contributed by atoms with Crippen molar-refractivity contribution < 1.29 is 8.42 Å². The topological polar surface area (TPSA) is 72.2 Å². The molecule has 0 bridgehead atoms. The first-order chi connectivity index (χ1) is 9.70. The monoisotopic (exact) mass is 344 g/mol. The summed E-state index contributed by atoms with van der Waals surface area (Å²) in [5.41, 5.74) is 7.92. The molecule has 0 aromatic heterocycles. The Morgan fingerprint density at radius 1 is 1.05 bits per heavy atom. The van der Waals surface area contributed by atoms with Crippen LogP contribution in [0, 0.1) is 13.8 Å². The molecule has 0 atom stereocenters. The largest absolute Gasteiger partial charge is 0.399 e. The Hall–Kier alpha value is -1.43. The summed E-state index contributed by atoms with van der Waals surface area (Å²) in [6.45, 7) is 3.54. The highest BCUT2D eigenvalue weighted by atomic mass is 35.5. The summed E-state index contributed by atoms with van der Waals surface area (Å²) in [7, 11) is -3.75. The first-order valence-electron chi connectivity index (χ1n) is 6.05. The van der Waals surface area contributed by atoms with Crippen LogP contribution in [0.2, 0.25) is 10.0 Å². The number of aryl methyl sites for hydroxylation is 1. The number of rotatable bonds is 3. The molecule has 0 fully saturated rings. The summed E-state index contributed by atoms with van der Waals surface area (Å²) in [5.74, 6) is 0. The zero-order valence-corrected chi connectivity index (χ0v) is 13.8. The molecule has 0 unspecified atom stereocenters. The second-order valence-electron chi connectivity index (χ2n) is 4.70. The van der Waals surface area contributed by atoms with Gasteiger partial charge in [0.15, 0.2) is 0 Å². The molecule has 0 radical (unpaired) electrons. The third kappa shape index (κ3) is 3.43. The molecule has 7 heteroatoms.